The van der Waals surface area contributed by atoms with E-state index in [1.54, 1.807) is 6.21 Å². The van der Waals surface area contributed by atoms with Crippen LogP contribution in [-0.4, -0.2) is 29.1 Å². The van der Waals surface area contributed by atoms with Crippen LogP contribution < -0.4 is 10.7 Å². The molecule has 6 nitrogen and oxygen atoms in total. The molecule has 0 spiro atoms. The molecule has 27 heavy (non-hydrogen) atoms. The van der Waals surface area contributed by atoms with E-state index in [4.69, 9.17) is 0 Å². The summed E-state index contributed by atoms with van der Waals surface area (Å²) in [4.78, 5) is 24.8. The molecule has 1 aliphatic heterocycles. The summed E-state index contributed by atoms with van der Waals surface area (Å²) in [5, 5.41) is 7.93. The van der Waals surface area contributed by atoms with Gasteiger partial charge in [-0.25, -0.2) is 5.43 Å². The molecule has 1 saturated heterocycles. The van der Waals surface area contributed by atoms with Crippen LogP contribution >= 0.6 is 0 Å². The smallest absolute Gasteiger partial charge is 0.253 e. The molecule has 6 heteroatoms. The number of benzene rings is 2. The van der Waals surface area contributed by atoms with E-state index < -0.39 is 11.8 Å². The monoisotopic (exact) mass is 360 g/mol. The van der Waals surface area contributed by atoms with E-state index in [0.29, 0.717) is 6.54 Å². The predicted molar refractivity (Wildman–Crippen MR) is 104 cm³/mol. The predicted octanol–water partition coefficient (Wildman–Crippen LogP) is 2.16. The fourth-order valence-electron chi connectivity index (χ4n) is 3.64. The fraction of sp³-hybridized carbons (Fsp3) is 0.190. The van der Waals surface area contributed by atoms with Gasteiger partial charge in [0.1, 0.15) is 5.92 Å². The average molecular weight is 360 g/mol. The number of hydrogen-bond acceptors (Lipinski definition) is 3. The van der Waals surface area contributed by atoms with Gasteiger partial charge in [-0.15, -0.1) is 0 Å². The quantitative estimate of drug-likeness (QED) is 0.425. The molecular formula is C21H20N4O2. The third-order valence-electron chi connectivity index (χ3n) is 5.00. The third-order valence-corrected chi connectivity index (χ3v) is 5.00. The van der Waals surface area contributed by atoms with Crippen molar-refractivity contribution in [2.24, 2.45) is 18.1 Å². The van der Waals surface area contributed by atoms with Crippen LogP contribution in [0.3, 0.4) is 0 Å². The zero-order valence-electron chi connectivity index (χ0n) is 14.9. The van der Waals surface area contributed by atoms with Crippen molar-refractivity contribution in [2.75, 3.05) is 6.54 Å². The molecule has 0 bridgehead atoms. The van der Waals surface area contributed by atoms with Crippen molar-refractivity contribution < 1.29 is 9.59 Å². The summed E-state index contributed by atoms with van der Waals surface area (Å²) in [5.74, 6) is -1.62. The highest BCUT2D eigenvalue weighted by Gasteiger charge is 2.40. The molecule has 136 valence electrons. The molecule has 1 fully saturated rings. The number of hydrogen-bond donors (Lipinski definition) is 2. The topological polar surface area (TPSA) is 75.5 Å². The molecule has 1 aromatic heterocycles. The second-order valence-corrected chi connectivity index (χ2v) is 6.69. The zero-order chi connectivity index (χ0) is 18.8. The van der Waals surface area contributed by atoms with Gasteiger partial charge in [0.2, 0.25) is 5.91 Å². The van der Waals surface area contributed by atoms with Crippen molar-refractivity contribution in [1.82, 2.24) is 15.3 Å². The van der Waals surface area contributed by atoms with E-state index in [1.807, 2.05) is 72.4 Å². The van der Waals surface area contributed by atoms with E-state index >= 15 is 0 Å². The molecule has 0 aliphatic carbocycles. The number of aryl methyl sites for hydroxylation is 1. The van der Waals surface area contributed by atoms with Gasteiger partial charge in [0.25, 0.3) is 5.91 Å². The summed E-state index contributed by atoms with van der Waals surface area (Å²) < 4.78 is 2.01. The van der Waals surface area contributed by atoms with Crippen LogP contribution in [0, 0.1) is 5.92 Å². The van der Waals surface area contributed by atoms with Crippen LogP contribution in [0.15, 0.2) is 65.9 Å². The van der Waals surface area contributed by atoms with Crippen molar-refractivity contribution >= 4 is 28.9 Å². The summed E-state index contributed by atoms with van der Waals surface area (Å²) in [5.41, 5.74) is 5.50. The van der Waals surface area contributed by atoms with Crippen molar-refractivity contribution in [3.8, 4) is 0 Å². The second-order valence-electron chi connectivity index (χ2n) is 6.69. The van der Waals surface area contributed by atoms with Crippen LogP contribution in [0.2, 0.25) is 0 Å². The van der Waals surface area contributed by atoms with Gasteiger partial charge in [0.05, 0.1) is 6.21 Å². The zero-order valence-corrected chi connectivity index (χ0v) is 14.9. The number of para-hydroxylation sites is 1. The molecule has 2 N–H and O–H groups in total. The molecule has 0 radical (unpaired) electrons. The lowest BCUT2D eigenvalue weighted by atomic mass is 9.88. The SMILES string of the molecule is Cn1cc(C=NNC(=O)[C@@H]2C(=O)NC[C@H]2c2ccccc2)c2ccccc21. The van der Waals surface area contributed by atoms with E-state index in [2.05, 4.69) is 15.8 Å². The Bertz CT molecular complexity index is 1020. The lowest BCUT2D eigenvalue weighted by Crippen LogP contribution is -2.34. The number of nitrogens with zero attached hydrogens (tertiary/aromatic N) is 2. The van der Waals surface area contributed by atoms with E-state index in [-0.39, 0.29) is 11.8 Å². The maximum absolute atomic E-state index is 12.6. The van der Waals surface area contributed by atoms with Gasteiger partial charge in [0, 0.05) is 42.2 Å². The Kier molecular flexibility index (Phi) is 4.46. The van der Waals surface area contributed by atoms with Gasteiger partial charge in [-0.2, -0.15) is 5.10 Å². The van der Waals surface area contributed by atoms with Gasteiger partial charge >= 0.3 is 0 Å². The first-order valence-corrected chi connectivity index (χ1v) is 8.85. The number of carbonyl (C=O) groups excluding carboxylic acids is 2. The Balaban J connectivity index is 1.51. The highest BCUT2D eigenvalue weighted by Crippen LogP contribution is 2.29. The molecule has 0 unspecified atom stereocenters. The molecule has 2 atom stereocenters. The van der Waals surface area contributed by atoms with Crippen LogP contribution in [-0.2, 0) is 16.6 Å². The summed E-state index contributed by atoms with van der Waals surface area (Å²) in [6.45, 7) is 0.452. The minimum atomic E-state index is -0.780. The number of nitrogens with one attached hydrogen (secondary N) is 2. The molecule has 2 aromatic carbocycles. The normalized spacial score (nSPS) is 19.5. The first-order chi connectivity index (χ1) is 13.1. The number of amides is 2. The van der Waals surface area contributed by atoms with Crippen LogP contribution in [0.5, 0.6) is 0 Å². The third kappa shape index (κ3) is 3.21. The van der Waals surface area contributed by atoms with Crippen molar-refractivity contribution in [1.29, 1.82) is 0 Å². The minimum Gasteiger partial charge on any atom is -0.355 e. The van der Waals surface area contributed by atoms with Crippen LogP contribution in [0.4, 0.5) is 0 Å². The Hall–Kier alpha value is -3.41. The maximum atomic E-state index is 12.6. The summed E-state index contributed by atoms with van der Waals surface area (Å²) in [6, 6.07) is 17.6. The van der Waals surface area contributed by atoms with E-state index in [1.165, 1.54) is 0 Å². The lowest BCUT2D eigenvalue weighted by molar-refractivity contribution is -0.133. The lowest BCUT2D eigenvalue weighted by Gasteiger charge is -2.15. The fourth-order valence-corrected chi connectivity index (χ4v) is 3.64. The van der Waals surface area contributed by atoms with Crippen LogP contribution in [0.1, 0.15) is 17.0 Å². The summed E-state index contributed by atoms with van der Waals surface area (Å²) in [6.07, 6.45) is 3.57. The van der Waals surface area contributed by atoms with Gasteiger partial charge in [-0.3, -0.25) is 9.59 Å². The van der Waals surface area contributed by atoms with Crippen LogP contribution in [0.25, 0.3) is 10.9 Å². The number of hydrazone groups is 1. The van der Waals surface area contributed by atoms with E-state index in [0.717, 1.165) is 22.0 Å². The highest BCUT2D eigenvalue weighted by atomic mass is 16.2. The minimum absolute atomic E-state index is 0.188. The first-order valence-electron chi connectivity index (χ1n) is 8.85. The molecular weight excluding hydrogens is 340 g/mol. The van der Waals surface area contributed by atoms with Gasteiger partial charge in [-0.1, -0.05) is 48.5 Å². The number of rotatable bonds is 4. The molecule has 1 aliphatic rings. The number of fused-ring (bicyclic) bond motifs is 1. The Labute approximate surface area is 156 Å². The van der Waals surface area contributed by atoms with Crippen molar-refractivity contribution in [2.45, 2.75) is 5.92 Å². The van der Waals surface area contributed by atoms with Crippen molar-refractivity contribution in [3.05, 3.63) is 71.9 Å². The maximum Gasteiger partial charge on any atom is 0.253 e. The van der Waals surface area contributed by atoms with Crippen molar-refractivity contribution in [3.63, 3.8) is 0 Å². The van der Waals surface area contributed by atoms with E-state index in [9.17, 15) is 9.59 Å². The molecule has 2 heterocycles. The molecule has 0 saturated carbocycles. The Morgan fingerprint density at radius 1 is 1.19 bits per heavy atom. The number of carbonyl (C=O) groups is 2. The Morgan fingerprint density at radius 2 is 1.93 bits per heavy atom. The standard InChI is InChI=1S/C21H20N4O2/c1-25-13-15(16-9-5-6-10-18(16)25)11-23-24-21(27)19-17(12-22-20(19)26)14-7-3-2-4-8-14/h2-11,13,17,19H,12H2,1H3,(H,22,26)(H,24,27)/t17-,19-/m0/s1. The molecule has 3 aromatic rings. The Morgan fingerprint density at radius 3 is 2.74 bits per heavy atom. The second kappa shape index (κ2) is 7.07. The number of aromatic nitrogens is 1. The average Bonchev–Trinajstić information content (AvgIpc) is 3.23. The summed E-state index contributed by atoms with van der Waals surface area (Å²) >= 11 is 0. The van der Waals surface area contributed by atoms with Gasteiger partial charge in [-0.05, 0) is 11.6 Å². The largest absolute Gasteiger partial charge is 0.355 e. The molecule has 2 amide bonds. The highest BCUT2D eigenvalue weighted by molar-refractivity contribution is 6.04. The first kappa shape index (κ1) is 17.0. The molecule has 4 rings (SSSR count). The van der Waals surface area contributed by atoms with Gasteiger partial charge < -0.3 is 9.88 Å². The summed E-state index contributed by atoms with van der Waals surface area (Å²) in [7, 11) is 1.96. The van der Waals surface area contributed by atoms with Gasteiger partial charge in [0.15, 0.2) is 0 Å².